The highest BCUT2D eigenvalue weighted by atomic mass is 16.2. The number of piperidine rings is 1. The van der Waals surface area contributed by atoms with Crippen LogP contribution in [0.25, 0.3) is 0 Å². The Labute approximate surface area is 128 Å². The van der Waals surface area contributed by atoms with Crippen molar-refractivity contribution in [3.05, 3.63) is 35.4 Å². The lowest BCUT2D eigenvalue weighted by molar-refractivity contribution is -0.134. The van der Waals surface area contributed by atoms with Crippen molar-refractivity contribution in [2.75, 3.05) is 13.1 Å². The Morgan fingerprint density at radius 3 is 2.48 bits per heavy atom. The normalized spacial score (nSPS) is 17.8. The Bertz CT molecular complexity index is 447. The smallest absolute Gasteiger partial charge is 0.239 e. The van der Waals surface area contributed by atoms with E-state index in [1.807, 2.05) is 11.8 Å². The molecule has 0 aliphatic carbocycles. The van der Waals surface area contributed by atoms with Gasteiger partial charge in [0, 0.05) is 13.1 Å². The van der Waals surface area contributed by atoms with Gasteiger partial charge < -0.3 is 10.6 Å². The number of rotatable bonds is 5. The number of hydrogen-bond donors (Lipinski definition) is 1. The second-order valence-electron chi connectivity index (χ2n) is 6.31. The number of benzene rings is 1. The largest absolute Gasteiger partial charge is 0.341 e. The third-order valence-corrected chi connectivity index (χ3v) is 4.65. The van der Waals surface area contributed by atoms with Crippen LogP contribution < -0.4 is 5.73 Å². The molecule has 1 aromatic rings. The molecule has 2 N–H and O–H groups in total. The van der Waals surface area contributed by atoms with Crippen LogP contribution in [-0.2, 0) is 11.2 Å². The molecule has 1 aliphatic rings. The minimum Gasteiger partial charge on any atom is -0.341 e. The molecule has 1 amide bonds. The molecule has 3 nitrogen and oxygen atoms in total. The average molecular weight is 288 g/mol. The molecule has 0 bridgehead atoms. The van der Waals surface area contributed by atoms with Crippen molar-refractivity contribution in [3.8, 4) is 0 Å². The van der Waals surface area contributed by atoms with Gasteiger partial charge in [0.05, 0.1) is 6.04 Å². The Morgan fingerprint density at radius 1 is 1.29 bits per heavy atom. The topological polar surface area (TPSA) is 46.3 Å². The summed E-state index contributed by atoms with van der Waals surface area (Å²) in [6, 6.07) is 8.52. The third-order valence-electron chi connectivity index (χ3n) is 4.65. The van der Waals surface area contributed by atoms with E-state index in [1.54, 1.807) is 0 Å². The first-order valence-electron chi connectivity index (χ1n) is 8.20. The molecule has 1 heterocycles. The maximum absolute atomic E-state index is 12.0. The molecule has 1 aliphatic heterocycles. The van der Waals surface area contributed by atoms with Gasteiger partial charge in [-0.05, 0) is 50.5 Å². The first-order valence-corrected chi connectivity index (χ1v) is 8.20. The predicted octanol–water partition coefficient (Wildman–Crippen LogP) is 2.90. The van der Waals surface area contributed by atoms with Crippen molar-refractivity contribution < 1.29 is 4.79 Å². The van der Waals surface area contributed by atoms with Crippen LogP contribution >= 0.6 is 0 Å². The molecule has 2 rings (SSSR count). The minimum absolute atomic E-state index is 0.134. The van der Waals surface area contributed by atoms with Gasteiger partial charge >= 0.3 is 0 Å². The van der Waals surface area contributed by atoms with Crippen molar-refractivity contribution in [1.82, 2.24) is 4.90 Å². The van der Waals surface area contributed by atoms with Gasteiger partial charge in [-0.3, -0.25) is 4.79 Å². The van der Waals surface area contributed by atoms with E-state index in [2.05, 4.69) is 31.2 Å². The van der Waals surface area contributed by atoms with Gasteiger partial charge in [-0.15, -0.1) is 0 Å². The number of likely N-dealkylation sites (tertiary alicyclic amines) is 1. The van der Waals surface area contributed by atoms with E-state index in [1.165, 1.54) is 17.5 Å². The van der Waals surface area contributed by atoms with E-state index in [0.29, 0.717) is 0 Å². The molecular weight excluding hydrogens is 260 g/mol. The van der Waals surface area contributed by atoms with E-state index in [9.17, 15) is 4.79 Å². The summed E-state index contributed by atoms with van der Waals surface area (Å²) in [5.41, 5.74) is 8.58. The fraction of sp³-hybridized carbons (Fsp3) is 0.611. The molecule has 116 valence electrons. The first-order chi connectivity index (χ1) is 10.1. The summed E-state index contributed by atoms with van der Waals surface area (Å²) in [5.74, 6) is 0.877. The van der Waals surface area contributed by atoms with Crippen molar-refractivity contribution in [3.63, 3.8) is 0 Å². The zero-order valence-corrected chi connectivity index (χ0v) is 13.3. The number of carbonyl (C=O) groups excluding carboxylic acids is 1. The summed E-state index contributed by atoms with van der Waals surface area (Å²) < 4.78 is 0. The number of nitrogens with zero attached hydrogens (tertiary/aromatic N) is 1. The van der Waals surface area contributed by atoms with Gasteiger partial charge in [0.1, 0.15) is 0 Å². The summed E-state index contributed by atoms with van der Waals surface area (Å²) in [6.45, 7) is 5.85. The van der Waals surface area contributed by atoms with Crippen LogP contribution in [-0.4, -0.2) is 29.9 Å². The van der Waals surface area contributed by atoms with E-state index >= 15 is 0 Å². The fourth-order valence-corrected chi connectivity index (χ4v) is 2.98. The van der Waals surface area contributed by atoms with Crippen LogP contribution in [0.15, 0.2) is 24.3 Å². The SMILES string of the molecule is CC[C@H](N)C(=O)N1CCC(CCc2ccc(C)cc2)CC1. The van der Waals surface area contributed by atoms with Crippen LogP contribution in [0, 0.1) is 12.8 Å². The van der Waals surface area contributed by atoms with E-state index in [4.69, 9.17) is 5.73 Å². The van der Waals surface area contributed by atoms with Crippen LogP contribution in [0.3, 0.4) is 0 Å². The van der Waals surface area contributed by atoms with Gasteiger partial charge in [0.15, 0.2) is 0 Å². The Kier molecular flexibility index (Phi) is 5.80. The van der Waals surface area contributed by atoms with Gasteiger partial charge in [-0.25, -0.2) is 0 Å². The Hall–Kier alpha value is -1.35. The lowest BCUT2D eigenvalue weighted by atomic mass is 9.90. The molecule has 1 saturated heterocycles. The standard InChI is InChI=1S/C18H28N2O/c1-3-17(19)18(21)20-12-10-16(11-13-20)9-8-15-6-4-14(2)5-7-15/h4-7,16-17H,3,8-13,19H2,1-2H3/t17-/m0/s1. The molecule has 0 radical (unpaired) electrons. The van der Waals surface area contributed by atoms with Crippen LogP contribution in [0.5, 0.6) is 0 Å². The molecule has 1 atom stereocenters. The molecule has 0 saturated carbocycles. The van der Waals surface area contributed by atoms with Crippen molar-refractivity contribution >= 4 is 5.91 Å². The molecule has 1 aromatic carbocycles. The zero-order chi connectivity index (χ0) is 15.2. The summed E-state index contributed by atoms with van der Waals surface area (Å²) in [4.78, 5) is 14.0. The second-order valence-corrected chi connectivity index (χ2v) is 6.31. The quantitative estimate of drug-likeness (QED) is 0.905. The molecule has 0 unspecified atom stereocenters. The average Bonchev–Trinajstić information content (AvgIpc) is 2.53. The number of hydrogen-bond acceptors (Lipinski definition) is 2. The molecular formula is C18H28N2O. The highest BCUT2D eigenvalue weighted by Crippen LogP contribution is 2.23. The lowest BCUT2D eigenvalue weighted by Crippen LogP contribution is -2.46. The predicted molar refractivity (Wildman–Crippen MR) is 87.1 cm³/mol. The van der Waals surface area contributed by atoms with Crippen molar-refractivity contribution in [2.24, 2.45) is 11.7 Å². The number of amides is 1. The highest BCUT2D eigenvalue weighted by Gasteiger charge is 2.25. The molecule has 1 fully saturated rings. The fourth-order valence-electron chi connectivity index (χ4n) is 2.98. The monoisotopic (exact) mass is 288 g/mol. The molecule has 0 aromatic heterocycles. The minimum atomic E-state index is -0.311. The third kappa shape index (κ3) is 4.57. The van der Waals surface area contributed by atoms with Crippen molar-refractivity contribution in [2.45, 2.75) is 52.0 Å². The molecule has 0 spiro atoms. The summed E-state index contributed by atoms with van der Waals surface area (Å²) in [6.07, 6.45) is 5.34. The molecule has 3 heteroatoms. The highest BCUT2D eigenvalue weighted by molar-refractivity contribution is 5.81. The van der Waals surface area contributed by atoms with Crippen LogP contribution in [0.1, 0.15) is 43.7 Å². The second kappa shape index (κ2) is 7.60. The summed E-state index contributed by atoms with van der Waals surface area (Å²) in [5, 5.41) is 0. The number of nitrogens with two attached hydrogens (primary N) is 1. The van der Waals surface area contributed by atoms with Gasteiger partial charge in [0.25, 0.3) is 0 Å². The van der Waals surface area contributed by atoms with Gasteiger partial charge in [-0.2, -0.15) is 0 Å². The van der Waals surface area contributed by atoms with Gasteiger partial charge in [-0.1, -0.05) is 36.8 Å². The van der Waals surface area contributed by atoms with Crippen LogP contribution in [0.4, 0.5) is 0 Å². The number of carbonyl (C=O) groups is 1. The maximum atomic E-state index is 12.0. The molecule has 21 heavy (non-hydrogen) atoms. The van der Waals surface area contributed by atoms with E-state index in [-0.39, 0.29) is 11.9 Å². The Balaban J connectivity index is 1.74. The van der Waals surface area contributed by atoms with Crippen LogP contribution in [0.2, 0.25) is 0 Å². The summed E-state index contributed by atoms with van der Waals surface area (Å²) >= 11 is 0. The zero-order valence-electron chi connectivity index (χ0n) is 13.3. The maximum Gasteiger partial charge on any atom is 0.239 e. The number of aryl methyl sites for hydroxylation is 2. The van der Waals surface area contributed by atoms with Gasteiger partial charge in [0.2, 0.25) is 5.91 Å². The van der Waals surface area contributed by atoms with E-state index in [0.717, 1.165) is 44.7 Å². The lowest BCUT2D eigenvalue weighted by Gasteiger charge is -2.33. The first kappa shape index (κ1) is 16.0. The summed E-state index contributed by atoms with van der Waals surface area (Å²) in [7, 11) is 0. The Morgan fingerprint density at radius 2 is 1.90 bits per heavy atom. The van der Waals surface area contributed by atoms with Crippen molar-refractivity contribution in [1.29, 1.82) is 0 Å². The van der Waals surface area contributed by atoms with E-state index < -0.39 is 0 Å².